The van der Waals surface area contributed by atoms with E-state index < -0.39 is 24.0 Å². The Balaban J connectivity index is 1.94. The van der Waals surface area contributed by atoms with Gasteiger partial charge in [0.15, 0.2) is 0 Å². The van der Waals surface area contributed by atoms with Gasteiger partial charge in [-0.2, -0.15) is 0 Å². The van der Waals surface area contributed by atoms with Crippen LogP contribution in [-0.4, -0.2) is 29.1 Å². The zero-order chi connectivity index (χ0) is 20.5. The topological polar surface area (TPSA) is 102 Å². The average molecular weight is 384 g/mol. The van der Waals surface area contributed by atoms with Crippen LogP contribution in [0.5, 0.6) is 5.75 Å². The monoisotopic (exact) mass is 384 g/mol. The van der Waals surface area contributed by atoms with Crippen LogP contribution in [0.1, 0.15) is 31.4 Å². The minimum Gasteiger partial charge on any atom is -0.508 e. The first kappa shape index (κ1) is 21.4. The molecule has 0 aliphatic heterocycles. The van der Waals surface area contributed by atoms with Crippen LogP contribution in [0.25, 0.3) is 0 Å². The Kier molecular flexibility index (Phi) is 8.02. The highest BCUT2D eigenvalue weighted by Crippen LogP contribution is 2.12. The largest absolute Gasteiger partial charge is 0.508 e. The Labute approximate surface area is 165 Å². The fourth-order valence-corrected chi connectivity index (χ4v) is 2.77. The first-order valence-electron chi connectivity index (χ1n) is 9.39. The fraction of sp³-hybridized carbons (Fsp3) is 0.364. The standard InChI is InChI=1S/C22H28N2O4/c1-15(2)12-20(22(27)28-14-17-6-4-3-5-7-17)24-21(26)19(23)13-16-8-10-18(25)11-9-16/h3-11,15,19-20,25H,12-14,23H2,1-2H3,(H,24,26)/t19-,20-/m0/s1. The number of nitrogens with one attached hydrogen (secondary N) is 1. The van der Waals surface area contributed by atoms with E-state index in [2.05, 4.69) is 5.32 Å². The molecule has 0 saturated carbocycles. The maximum absolute atomic E-state index is 12.5. The van der Waals surface area contributed by atoms with Crippen molar-refractivity contribution in [2.24, 2.45) is 11.7 Å². The van der Waals surface area contributed by atoms with Crippen molar-refractivity contribution >= 4 is 11.9 Å². The normalized spacial score (nSPS) is 13.0. The maximum Gasteiger partial charge on any atom is 0.328 e. The smallest absolute Gasteiger partial charge is 0.328 e. The van der Waals surface area contributed by atoms with E-state index in [0.717, 1.165) is 11.1 Å². The molecule has 0 bridgehead atoms. The van der Waals surface area contributed by atoms with E-state index in [0.29, 0.717) is 12.8 Å². The van der Waals surface area contributed by atoms with Crippen molar-refractivity contribution in [2.45, 2.75) is 45.4 Å². The van der Waals surface area contributed by atoms with Gasteiger partial charge < -0.3 is 20.9 Å². The van der Waals surface area contributed by atoms with Crippen LogP contribution < -0.4 is 11.1 Å². The molecule has 6 heteroatoms. The number of carbonyl (C=O) groups is 2. The second kappa shape index (κ2) is 10.5. The van der Waals surface area contributed by atoms with Crippen LogP contribution in [-0.2, 0) is 27.4 Å². The second-order valence-corrected chi connectivity index (χ2v) is 7.26. The zero-order valence-corrected chi connectivity index (χ0v) is 16.3. The molecule has 0 unspecified atom stereocenters. The molecule has 0 aromatic heterocycles. The molecule has 2 aromatic carbocycles. The molecule has 0 heterocycles. The summed E-state index contributed by atoms with van der Waals surface area (Å²) in [7, 11) is 0. The lowest BCUT2D eigenvalue weighted by Gasteiger charge is -2.21. The number of carbonyl (C=O) groups excluding carboxylic acids is 2. The first-order chi connectivity index (χ1) is 13.3. The number of esters is 1. The summed E-state index contributed by atoms with van der Waals surface area (Å²) in [6.45, 7) is 4.10. The Hall–Kier alpha value is -2.86. The van der Waals surface area contributed by atoms with E-state index >= 15 is 0 Å². The fourth-order valence-electron chi connectivity index (χ4n) is 2.77. The third-order valence-electron chi connectivity index (χ3n) is 4.26. The van der Waals surface area contributed by atoms with E-state index in [1.54, 1.807) is 24.3 Å². The summed E-state index contributed by atoms with van der Waals surface area (Å²) < 4.78 is 5.38. The Morgan fingerprint density at radius 2 is 1.68 bits per heavy atom. The van der Waals surface area contributed by atoms with E-state index in [1.165, 1.54) is 0 Å². The number of hydrogen-bond donors (Lipinski definition) is 3. The molecule has 0 aliphatic carbocycles. The number of nitrogens with two attached hydrogens (primary N) is 1. The van der Waals surface area contributed by atoms with Crippen LogP contribution in [0.2, 0.25) is 0 Å². The van der Waals surface area contributed by atoms with Crippen LogP contribution in [0.4, 0.5) is 0 Å². The lowest BCUT2D eigenvalue weighted by molar-refractivity contribution is -0.149. The maximum atomic E-state index is 12.5. The summed E-state index contributed by atoms with van der Waals surface area (Å²) in [5.74, 6) is -0.527. The Bertz CT molecular complexity index is 760. The average Bonchev–Trinajstić information content (AvgIpc) is 2.67. The molecule has 0 radical (unpaired) electrons. The first-order valence-corrected chi connectivity index (χ1v) is 9.39. The van der Waals surface area contributed by atoms with Crippen molar-refractivity contribution in [3.8, 4) is 5.75 Å². The molecular formula is C22H28N2O4. The highest BCUT2D eigenvalue weighted by Gasteiger charge is 2.26. The number of ether oxygens (including phenoxy) is 1. The van der Waals surface area contributed by atoms with Gasteiger partial charge in [0.1, 0.15) is 18.4 Å². The number of hydrogen-bond acceptors (Lipinski definition) is 5. The van der Waals surface area contributed by atoms with E-state index in [9.17, 15) is 14.7 Å². The predicted molar refractivity (Wildman–Crippen MR) is 107 cm³/mol. The number of aromatic hydroxyl groups is 1. The van der Waals surface area contributed by atoms with Gasteiger partial charge in [0.25, 0.3) is 0 Å². The van der Waals surface area contributed by atoms with Crippen molar-refractivity contribution in [3.63, 3.8) is 0 Å². The van der Waals surface area contributed by atoms with Gasteiger partial charge in [-0.15, -0.1) is 0 Å². The third-order valence-corrected chi connectivity index (χ3v) is 4.26. The summed E-state index contributed by atoms with van der Waals surface area (Å²) in [6.07, 6.45) is 0.769. The van der Waals surface area contributed by atoms with Crippen molar-refractivity contribution < 1.29 is 19.4 Å². The van der Waals surface area contributed by atoms with Crippen molar-refractivity contribution in [2.75, 3.05) is 0 Å². The van der Waals surface area contributed by atoms with Gasteiger partial charge in [-0.3, -0.25) is 4.79 Å². The van der Waals surface area contributed by atoms with Crippen LogP contribution in [0, 0.1) is 5.92 Å². The minimum atomic E-state index is -0.805. The molecule has 1 amide bonds. The zero-order valence-electron chi connectivity index (χ0n) is 16.3. The van der Waals surface area contributed by atoms with E-state index in [1.807, 2.05) is 44.2 Å². The molecule has 2 rings (SSSR count). The molecule has 0 spiro atoms. The van der Waals surface area contributed by atoms with Gasteiger partial charge in [-0.1, -0.05) is 56.3 Å². The van der Waals surface area contributed by atoms with Crippen molar-refractivity contribution in [1.82, 2.24) is 5.32 Å². The number of amides is 1. The molecule has 0 fully saturated rings. The van der Waals surface area contributed by atoms with Crippen molar-refractivity contribution in [1.29, 1.82) is 0 Å². The van der Waals surface area contributed by atoms with Gasteiger partial charge in [0.05, 0.1) is 6.04 Å². The summed E-state index contributed by atoms with van der Waals surface area (Å²) in [5, 5.41) is 12.1. The number of benzene rings is 2. The SMILES string of the molecule is CC(C)C[C@H](NC(=O)[C@@H](N)Cc1ccc(O)cc1)C(=O)OCc1ccccc1. The second-order valence-electron chi connectivity index (χ2n) is 7.26. The van der Waals surface area contributed by atoms with E-state index in [-0.39, 0.29) is 18.3 Å². The number of phenolic OH excluding ortho intramolecular Hbond substituents is 1. The van der Waals surface area contributed by atoms with Gasteiger partial charge in [-0.25, -0.2) is 4.79 Å². The molecule has 2 aromatic rings. The lowest BCUT2D eigenvalue weighted by atomic mass is 10.0. The molecule has 2 atom stereocenters. The summed E-state index contributed by atoms with van der Waals surface area (Å²) in [5.41, 5.74) is 7.72. The minimum absolute atomic E-state index is 0.153. The quantitative estimate of drug-likeness (QED) is 0.577. The molecule has 0 aliphatic rings. The van der Waals surface area contributed by atoms with Gasteiger partial charge in [-0.05, 0) is 42.0 Å². The molecule has 28 heavy (non-hydrogen) atoms. The highest BCUT2D eigenvalue weighted by atomic mass is 16.5. The lowest BCUT2D eigenvalue weighted by Crippen LogP contribution is -2.50. The predicted octanol–water partition coefficient (Wildman–Crippen LogP) is 2.54. The summed E-state index contributed by atoms with van der Waals surface area (Å²) in [6, 6.07) is 14.3. The van der Waals surface area contributed by atoms with Crippen LogP contribution >= 0.6 is 0 Å². The van der Waals surface area contributed by atoms with Crippen LogP contribution in [0.3, 0.4) is 0 Å². The molecule has 6 nitrogen and oxygen atoms in total. The van der Waals surface area contributed by atoms with Gasteiger partial charge in [0, 0.05) is 0 Å². The third kappa shape index (κ3) is 7.04. The molecule has 150 valence electrons. The Morgan fingerprint density at radius 1 is 1.04 bits per heavy atom. The molecule has 4 N–H and O–H groups in total. The van der Waals surface area contributed by atoms with Gasteiger partial charge in [0.2, 0.25) is 5.91 Å². The van der Waals surface area contributed by atoms with E-state index in [4.69, 9.17) is 10.5 Å². The highest BCUT2D eigenvalue weighted by molar-refractivity contribution is 5.87. The van der Waals surface area contributed by atoms with Crippen LogP contribution in [0.15, 0.2) is 54.6 Å². The molecule has 0 saturated heterocycles. The Morgan fingerprint density at radius 3 is 2.29 bits per heavy atom. The van der Waals surface area contributed by atoms with Gasteiger partial charge >= 0.3 is 5.97 Å². The molecular weight excluding hydrogens is 356 g/mol. The number of phenols is 1. The van der Waals surface area contributed by atoms with Crippen molar-refractivity contribution in [3.05, 3.63) is 65.7 Å². The summed E-state index contributed by atoms with van der Waals surface area (Å²) in [4.78, 5) is 25.0. The summed E-state index contributed by atoms with van der Waals surface area (Å²) >= 11 is 0. The number of rotatable bonds is 9.